The van der Waals surface area contributed by atoms with Crippen molar-refractivity contribution in [3.63, 3.8) is 0 Å². The third-order valence-corrected chi connectivity index (χ3v) is 4.20. The minimum absolute atomic E-state index is 0.281. The molecule has 0 fully saturated rings. The van der Waals surface area contributed by atoms with Gasteiger partial charge in [0.15, 0.2) is 5.78 Å². The molecular formula is C17H29NO6. The standard InChI is InChI=1S/C17H29NO6/c1-6-13(19)9(2)7-10(3)16(22)18-8-14(20)11(4)15(21)12(5)17(23)24/h7,10-13,15,19,21H,6,8H2,1-5H3,(H,18,22)(H,23,24)/b9-7+/t10-,11-,12+,13+,15-/m1/s1. The lowest BCUT2D eigenvalue weighted by Gasteiger charge is -2.21. The first kappa shape index (κ1) is 22.3. The molecule has 5 atom stereocenters. The third kappa shape index (κ3) is 6.80. The predicted molar refractivity (Wildman–Crippen MR) is 89.2 cm³/mol. The van der Waals surface area contributed by atoms with Gasteiger partial charge in [0, 0.05) is 5.92 Å². The van der Waals surface area contributed by atoms with Crippen molar-refractivity contribution in [2.24, 2.45) is 17.8 Å². The molecule has 0 aromatic carbocycles. The Morgan fingerprint density at radius 2 is 1.62 bits per heavy atom. The summed E-state index contributed by atoms with van der Waals surface area (Å²) >= 11 is 0. The number of ketones is 1. The molecule has 0 spiro atoms. The molecule has 0 unspecified atom stereocenters. The summed E-state index contributed by atoms with van der Waals surface area (Å²) in [5.74, 6) is -4.48. The van der Waals surface area contributed by atoms with Crippen LogP contribution in [-0.4, -0.2) is 51.7 Å². The first-order valence-electron chi connectivity index (χ1n) is 8.10. The van der Waals surface area contributed by atoms with Gasteiger partial charge in [-0.1, -0.05) is 26.8 Å². The van der Waals surface area contributed by atoms with Crippen molar-refractivity contribution < 1.29 is 29.7 Å². The summed E-state index contributed by atoms with van der Waals surface area (Å²) in [6, 6.07) is 0. The maximum atomic E-state index is 12.0. The Labute approximate surface area is 142 Å². The molecule has 0 radical (unpaired) electrons. The van der Waals surface area contributed by atoms with Crippen LogP contribution in [0.1, 0.15) is 41.0 Å². The van der Waals surface area contributed by atoms with Gasteiger partial charge >= 0.3 is 5.97 Å². The number of aliphatic carboxylic acids is 1. The largest absolute Gasteiger partial charge is 0.481 e. The summed E-state index contributed by atoms with van der Waals surface area (Å²) in [5, 5.41) is 30.9. The molecule has 0 aliphatic heterocycles. The third-order valence-electron chi connectivity index (χ3n) is 4.20. The lowest BCUT2D eigenvalue weighted by atomic mass is 9.90. The fourth-order valence-corrected chi connectivity index (χ4v) is 2.17. The second-order valence-electron chi connectivity index (χ2n) is 6.21. The lowest BCUT2D eigenvalue weighted by molar-refractivity contribution is -0.147. The van der Waals surface area contributed by atoms with Crippen LogP contribution in [-0.2, 0) is 14.4 Å². The van der Waals surface area contributed by atoms with Crippen molar-refractivity contribution in [1.82, 2.24) is 5.32 Å². The van der Waals surface area contributed by atoms with E-state index in [9.17, 15) is 24.6 Å². The molecule has 0 bridgehead atoms. The molecule has 7 heteroatoms. The number of aliphatic hydroxyl groups excluding tert-OH is 2. The molecule has 0 aliphatic rings. The zero-order chi connectivity index (χ0) is 19.0. The topological polar surface area (TPSA) is 124 Å². The van der Waals surface area contributed by atoms with E-state index < -0.39 is 41.7 Å². The molecule has 24 heavy (non-hydrogen) atoms. The van der Waals surface area contributed by atoms with Crippen LogP contribution in [0.25, 0.3) is 0 Å². The van der Waals surface area contributed by atoms with E-state index in [1.807, 2.05) is 6.92 Å². The summed E-state index contributed by atoms with van der Waals surface area (Å²) < 4.78 is 0. The molecule has 4 N–H and O–H groups in total. The number of carbonyl (C=O) groups is 3. The zero-order valence-corrected chi connectivity index (χ0v) is 14.9. The SMILES string of the molecule is CC[C@H](O)/C(C)=C/[C@@H](C)C(=O)NCC(=O)[C@@H](C)[C@@H](O)[C@H](C)C(=O)O. The van der Waals surface area contributed by atoms with Crippen LogP contribution >= 0.6 is 0 Å². The van der Waals surface area contributed by atoms with Crippen LogP contribution in [0.4, 0.5) is 0 Å². The minimum atomic E-state index is -1.31. The van der Waals surface area contributed by atoms with E-state index in [-0.39, 0.29) is 12.5 Å². The molecule has 0 aromatic heterocycles. The number of carboxylic acid groups (broad SMARTS) is 1. The summed E-state index contributed by atoms with van der Waals surface area (Å²) in [6.07, 6.45) is 0.270. The Morgan fingerprint density at radius 1 is 1.08 bits per heavy atom. The van der Waals surface area contributed by atoms with Gasteiger partial charge in [-0.25, -0.2) is 0 Å². The van der Waals surface area contributed by atoms with Gasteiger partial charge in [0.1, 0.15) is 0 Å². The number of Topliss-reactive ketones (excluding diaryl/α,β-unsaturated/α-hetero) is 1. The molecule has 0 aromatic rings. The molecule has 0 heterocycles. The van der Waals surface area contributed by atoms with E-state index >= 15 is 0 Å². The first-order chi connectivity index (χ1) is 11.0. The lowest BCUT2D eigenvalue weighted by Crippen LogP contribution is -2.41. The highest BCUT2D eigenvalue weighted by Crippen LogP contribution is 2.14. The maximum Gasteiger partial charge on any atom is 0.308 e. The average molecular weight is 343 g/mol. The van der Waals surface area contributed by atoms with E-state index in [1.165, 1.54) is 13.8 Å². The Morgan fingerprint density at radius 3 is 2.08 bits per heavy atom. The number of amides is 1. The number of nitrogens with one attached hydrogen (secondary N) is 1. The number of carboxylic acids is 1. The van der Waals surface area contributed by atoms with Gasteiger partial charge in [0.2, 0.25) is 5.91 Å². The average Bonchev–Trinajstić information content (AvgIpc) is 2.55. The van der Waals surface area contributed by atoms with Gasteiger partial charge in [-0.3, -0.25) is 14.4 Å². The quantitative estimate of drug-likeness (QED) is 0.434. The van der Waals surface area contributed by atoms with Crippen LogP contribution in [0.15, 0.2) is 11.6 Å². The highest BCUT2D eigenvalue weighted by Gasteiger charge is 2.30. The van der Waals surface area contributed by atoms with Gasteiger partial charge in [0.05, 0.1) is 30.6 Å². The Bertz CT molecular complexity index is 487. The fraction of sp³-hybridized carbons (Fsp3) is 0.706. The smallest absolute Gasteiger partial charge is 0.308 e. The monoisotopic (exact) mass is 343 g/mol. The minimum Gasteiger partial charge on any atom is -0.481 e. The fourth-order valence-electron chi connectivity index (χ4n) is 2.17. The molecule has 0 aliphatic carbocycles. The van der Waals surface area contributed by atoms with E-state index in [4.69, 9.17) is 5.11 Å². The molecule has 0 saturated heterocycles. The second-order valence-corrected chi connectivity index (χ2v) is 6.21. The first-order valence-corrected chi connectivity index (χ1v) is 8.10. The predicted octanol–water partition coefficient (Wildman–Crippen LogP) is 0.743. The number of hydrogen-bond acceptors (Lipinski definition) is 5. The number of hydrogen-bond donors (Lipinski definition) is 4. The number of rotatable bonds is 10. The van der Waals surface area contributed by atoms with Crippen molar-refractivity contribution >= 4 is 17.7 Å². The van der Waals surface area contributed by atoms with Crippen molar-refractivity contribution in [3.05, 3.63) is 11.6 Å². The summed E-state index contributed by atoms with van der Waals surface area (Å²) in [6.45, 7) is 7.69. The molecule has 1 amide bonds. The molecule has 7 nitrogen and oxygen atoms in total. The van der Waals surface area contributed by atoms with Crippen molar-refractivity contribution in [1.29, 1.82) is 0 Å². The molecular weight excluding hydrogens is 314 g/mol. The van der Waals surface area contributed by atoms with Gasteiger partial charge in [-0.05, 0) is 25.8 Å². The zero-order valence-electron chi connectivity index (χ0n) is 14.9. The van der Waals surface area contributed by atoms with Gasteiger partial charge in [-0.2, -0.15) is 0 Å². The van der Waals surface area contributed by atoms with Crippen LogP contribution in [0, 0.1) is 17.8 Å². The van der Waals surface area contributed by atoms with E-state index in [0.29, 0.717) is 12.0 Å². The Kier molecular flexibility index (Phi) is 9.47. The van der Waals surface area contributed by atoms with Crippen LogP contribution < -0.4 is 5.32 Å². The maximum absolute atomic E-state index is 12.0. The van der Waals surface area contributed by atoms with Gasteiger partial charge in [0.25, 0.3) is 0 Å². The van der Waals surface area contributed by atoms with Crippen LogP contribution in [0.2, 0.25) is 0 Å². The molecule has 0 saturated carbocycles. The van der Waals surface area contributed by atoms with E-state index in [1.54, 1.807) is 19.9 Å². The van der Waals surface area contributed by atoms with E-state index in [2.05, 4.69) is 5.32 Å². The summed E-state index contributed by atoms with van der Waals surface area (Å²) in [4.78, 5) is 34.8. The van der Waals surface area contributed by atoms with E-state index in [0.717, 1.165) is 0 Å². The highest BCUT2D eigenvalue weighted by molar-refractivity contribution is 5.89. The molecule has 138 valence electrons. The van der Waals surface area contributed by atoms with Crippen LogP contribution in [0.3, 0.4) is 0 Å². The normalized spacial score (nSPS) is 18.2. The van der Waals surface area contributed by atoms with Gasteiger partial charge in [-0.15, -0.1) is 0 Å². The number of carbonyl (C=O) groups excluding carboxylic acids is 2. The van der Waals surface area contributed by atoms with Crippen molar-refractivity contribution in [3.8, 4) is 0 Å². The Balaban J connectivity index is 4.59. The van der Waals surface area contributed by atoms with Crippen molar-refractivity contribution in [2.75, 3.05) is 6.54 Å². The van der Waals surface area contributed by atoms with Crippen LogP contribution in [0.5, 0.6) is 0 Å². The van der Waals surface area contributed by atoms with Gasteiger partial charge < -0.3 is 20.6 Å². The Hall–Kier alpha value is -1.73. The second kappa shape index (κ2) is 10.2. The van der Waals surface area contributed by atoms with Crippen molar-refractivity contribution in [2.45, 2.75) is 53.2 Å². The number of aliphatic hydroxyl groups is 2. The highest BCUT2D eigenvalue weighted by atomic mass is 16.4. The molecule has 0 rings (SSSR count). The summed E-state index contributed by atoms with van der Waals surface area (Å²) in [7, 11) is 0. The summed E-state index contributed by atoms with van der Waals surface area (Å²) in [5.41, 5.74) is 0.686.